The molecule has 3 aliphatic rings. The lowest BCUT2D eigenvalue weighted by atomic mass is 9.83. The van der Waals surface area contributed by atoms with Crippen LogP contribution in [0.5, 0.6) is 5.75 Å². The summed E-state index contributed by atoms with van der Waals surface area (Å²) in [6.07, 6.45) is -0.265. The average Bonchev–Trinajstić information content (AvgIpc) is 4.01. The summed E-state index contributed by atoms with van der Waals surface area (Å²) in [7, 11) is 9.45. The third-order valence-electron chi connectivity index (χ3n) is 15.6. The van der Waals surface area contributed by atoms with Crippen LogP contribution in [0.15, 0.2) is 66.3 Å². The lowest BCUT2D eigenvalue weighted by Crippen LogP contribution is -2.63. The van der Waals surface area contributed by atoms with E-state index >= 15 is 0 Å². The number of nitrogens with one attached hydrogen (secondary N) is 3. The van der Waals surface area contributed by atoms with E-state index in [2.05, 4.69) is 22.1 Å². The molecule has 0 spiro atoms. The van der Waals surface area contributed by atoms with Gasteiger partial charge in [0.05, 0.1) is 58.2 Å². The zero-order valence-electron chi connectivity index (χ0n) is 48.4. The molecule has 6 rings (SSSR count). The Labute approximate surface area is 483 Å². The van der Waals surface area contributed by atoms with E-state index < -0.39 is 122 Å². The van der Waals surface area contributed by atoms with Crippen LogP contribution in [0.3, 0.4) is 0 Å². The molecule has 2 saturated heterocycles. The first-order valence-electron chi connectivity index (χ1n) is 27.3. The first-order valence-corrected chi connectivity index (χ1v) is 27.6. The second kappa shape index (κ2) is 28.6. The van der Waals surface area contributed by atoms with Gasteiger partial charge in [0.15, 0.2) is 5.72 Å². The zero-order chi connectivity index (χ0) is 60.2. The first-order chi connectivity index (χ1) is 38.9. The highest BCUT2D eigenvalue weighted by molar-refractivity contribution is 6.35. The predicted molar refractivity (Wildman–Crippen MR) is 303 cm³/mol. The van der Waals surface area contributed by atoms with Gasteiger partial charge in [0.1, 0.15) is 40.7 Å². The first kappa shape index (κ1) is 64.5. The summed E-state index contributed by atoms with van der Waals surface area (Å²) in [5, 5.41) is 39.9. The molecule has 2 aromatic carbocycles. The summed E-state index contributed by atoms with van der Waals surface area (Å²) in [5.41, 5.74) is 3.65. The van der Waals surface area contributed by atoms with E-state index in [0.717, 1.165) is 37.5 Å². The number of ether oxygens (including phenoxy) is 5. The third kappa shape index (κ3) is 15.7. The number of epoxide rings is 1. The molecule has 0 saturated carbocycles. The van der Waals surface area contributed by atoms with Crippen LogP contribution < -0.4 is 25.7 Å². The minimum atomic E-state index is -1.91. The minimum Gasteiger partial charge on any atom is -0.495 e. The molecule has 0 radical (unpaired) electrons. The number of amides is 6. The van der Waals surface area contributed by atoms with Crippen LogP contribution in [0, 0.1) is 5.92 Å². The average molecular weight is 1170 g/mol. The number of carbonyl (C=O) groups excluding carboxylic acids is 7. The molecule has 0 aliphatic carbocycles. The van der Waals surface area contributed by atoms with Crippen LogP contribution in [-0.4, -0.2) is 211 Å². The maximum atomic E-state index is 14.5. The zero-order valence-corrected chi connectivity index (χ0v) is 49.2. The van der Waals surface area contributed by atoms with Crippen molar-refractivity contribution in [1.29, 1.82) is 0 Å². The number of hydrogen-bond acceptors (Lipinski definition) is 17. The van der Waals surface area contributed by atoms with Gasteiger partial charge in [0.2, 0.25) is 29.5 Å². The Morgan fingerprint density at radius 2 is 1.70 bits per heavy atom. The maximum Gasteiger partial charge on any atom is 0.409 e. The topological polar surface area (TPSA) is 287 Å². The highest BCUT2D eigenvalue weighted by atomic mass is 35.5. The van der Waals surface area contributed by atoms with Crippen molar-refractivity contribution in [2.24, 2.45) is 5.92 Å². The Morgan fingerprint density at radius 3 is 2.38 bits per heavy atom. The fraction of sp³-hybridized carbons (Fsp3) is 0.561. The van der Waals surface area contributed by atoms with E-state index in [1.165, 1.54) is 45.0 Å². The van der Waals surface area contributed by atoms with Crippen molar-refractivity contribution in [3.8, 4) is 5.75 Å². The van der Waals surface area contributed by atoms with Gasteiger partial charge in [-0.15, -0.1) is 0 Å². The Morgan fingerprint density at radius 1 is 0.988 bits per heavy atom. The highest BCUT2D eigenvalue weighted by Crippen LogP contribution is 2.49. The summed E-state index contributed by atoms with van der Waals surface area (Å²) in [4.78, 5) is 101. The number of para-hydroxylation sites is 1. The Balaban J connectivity index is 1.12. The number of aryl methyl sites for hydroxylation is 1. The number of alkyl carbamates (subject to hydrolysis) is 1. The third-order valence-corrected chi connectivity index (χ3v) is 15.9. The number of aliphatic hydroxyl groups is 3. The summed E-state index contributed by atoms with van der Waals surface area (Å²) in [6.45, 7) is 4.93. The molecule has 8 atom stereocenters. The van der Waals surface area contributed by atoms with Crippen molar-refractivity contribution >= 4 is 69.8 Å². The fourth-order valence-electron chi connectivity index (χ4n) is 10.4. The number of hydrogen-bond donors (Lipinski definition) is 6. The second-order valence-electron chi connectivity index (χ2n) is 21.2. The molecular formula is C57H80ClN9O15. The Hall–Kier alpha value is -6.64. The normalized spacial score (nSPS) is 24.3. The van der Waals surface area contributed by atoms with E-state index in [0.29, 0.717) is 30.9 Å². The van der Waals surface area contributed by atoms with Gasteiger partial charge in [-0.05, 0) is 69.5 Å². The Bertz CT molecular complexity index is 2870. The van der Waals surface area contributed by atoms with Crippen LogP contribution in [0.1, 0.15) is 64.6 Å². The van der Waals surface area contributed by atoms with Gasteiger partial charge >= 0.3 is 12.1 Å². The molecule has 1 aromatic heterocycles. The molecular weight excluding hydrogens is 1090 g/mol. The summed E-state index contributed by atoms with van der Waals surface area (Å²) in [6, 6.07) is 12.1. The van der Waals surface area contributed by atoms with Crippen molar-refractivity contribution < 1.29 is 72.6 Å². The number of anilines is 1. The summed E-state index contributed by atoms with van der Waals surface area (Å²) < 4.78 is 31.5. The number of aliphatic hydroxyl groups excluding tert-OH is 2. The van der Waals surface area contributed by atoms with Crippen molar-refractivity contribution in [1.82, 2.24) is 40.3 Å². The number of benzene rings is 2. The Kier molecular flexibility index (Phi) is 22.5. The molecule has 6 N–H and O–H groups in total. The van der Waals surface area contributed by atoms with Gasteiger partial charge < -0.3 is 68.5 Å². The molecule has 82 heavy (non-hydrogen) atoms. The monoisotopic (exact) mass is 1170 g/mol. The number of hydrazine groups is 1. The fourth-order valence-corrected chi connectivity index (χ4v) is 10.7. The minimum absolute atomic E-state index is 0.0508. The standard InChI is InChI=1S/C57H80ClN9O15/c1-35-14-13-17-45(79-10)57(77)31-44(80-55(76)61-57)36(2)53-56(4,82-53)46(30-49(72)64(8)42-27-38(26-35)28-43(78-9)52(42)58)81-54(75)37(3)63(7)48(71)19-20-65(22-24-68)51(74)34-66(23-25-69)50(73)32-60-47(70)18-21-67-40(33-62(6)59-5)29-39-15-11-12-16-41(39)67/h11-17,27-29,36-37,44-46,53,59,68-69,77H,18-26,30-34H2,1-10H3,(H,60,70)(H,61,76)/b17-13+,35-14+/t36-,37+,44+,45-,46+,53+,56-,57+/m1/s1. The SMILES string of the molecule is CNN(C)Cc1cc2ccccc2n1CCC(=O)NCC(=O)N(CCO)CC(=O)N(CCO)CCC(=O)N(C)[C@@H](C)C(=O)O[C@H]1CC(=O)N(C)c2cc(cc(OC)c2Cl)C/C(C)=C/C=C/[C@@H](OC)[C@@]2(O)C[C@H](OC(=O)N2)[C@@H](C)[C@@H]2O[C@]12C. The van der Waals surface area contributed by atoms with Crippen molar-refractivity contribution in [2.45, 2.75) is 115 Å². The molecule has 0 unspecified atom stereocenters. The molecule has 6 amide bonds. The van der Waals surface area contributed by atoms with Gasteiger partial charge in [-0.1, -0.05) is 60.5 Å². The molecule has 450 valence electrons. The van der Waals surface area contributed by atoms with E-state index in [1.807, 2.05) is 60.9 Å². The van der Waals surface area contributed by atoms with Gasteiger partial charge in [-0.25, -0.2) is 14.6 Å². The van der Waals surface area contributed by atoms with Crippen LogP contribution in [0.4, 0.5) is 10.5 Å². The van der Waals surface area contributed by atoms with Gasteiger partial charge in [0.25, 0.3) is 0 Å². The van der Waals surface area contributed by atoms with E-state index in [-0.39, 0.29) is 43.9 Å². The van der Waals surface area contributed by atoms with Crippen LogP contribution in [-0.2, 0) is 67.2 Å². The number of methoxy groups -OCH3 is 2. The van der Waals surface area contributed by atoms with Crippen molar-refractivity contribution in [2.75, 3.05) is 93.2 Å². The largest absolute Gasteiger partial charge is 0.495 e. The summed E-state index contributed by atoms with van der Waals surface area (Å²) in [5.74, 6) is -4.08. The van der Waals surface area contributed by atoms with Crippen LogP contribution in [0.2, 0.25) is 5.02 Å². The number of esters is 1. The molecule has 2 fully saturated rings. The van der Waals surface area contributed by atoms with E-state index in [1.54, 1.807) is 38.1 Å². The lowest BCUT2D eigenvalue weighted by molar-refractivity contribution is -0.162. The molecule has 4 heterocycles. The predicted octanol–water partition coefficient (Wildman–Crippen LogP) is 2.27. The molecule has 24 nitrogen and oxygen atoms in total. The van der Waals surface area contributed by atoms with Gasteiger partial charge in [-0.3, -0.25) is 34.7 Å². The number of allylic oxidation sites excluding steroid dienone is 3. The van der Waals surface area contributed by atoms with Crippen LogP contribution in [0.25, 0.3) is 10.9 Å². The molecule has 3 aromatic rings. The number of halogens is 1. The van der Waals surface area contributed by atoms with E-state index in [9.17, 15) is 48.9 Å². The number of aromatic nitrogens is 1. The lowest BCUT2D eigenvalue weighted by Gasteiger charge is -2.42. The number of fused-ring (bicyclic) bond motifs is 6. The molecule has 3 aliphatic heterocycles. The maximum absolute atomic E-state index is 14.5. The van der Waals surface area contributed by atoms with E-state index in [4.69, 9.17) is 35.3 Å². The number of likely N-dealkylation sites (N-methyl/N-ethyl adjacent to an activating group) is 1. The number of nitrogens with zero attached hydrogens (tertiary/aromatic N) is 6. The molecule has 4 bridgehead atoms. The second-order valence-corrected chi connectivity index (χ2v) is 21.6. The molecule has 25 heteroatoms. The van der Waals surface area contributed by atoms with Crippen molar-refractivity contribution in [3.63, 3.8) is 0 Å². The summed E-state index contributed by atoms with van der Waals surface area (Å²) >= 11 is 6.83. The smallest absolute Gasteiger partial charge is 0.409 e. The van der Waals surface area contributed by atoms with Gasteiger partial charge in [-0.2, -0.15) is 0 Å². The van der Waals surface area contributed by atoms with Crippen molar-refractivity contribution in [3.05, 3.63) is 82.5 Å². The quantitative estimate of drug-likeness (QED) is 0.0478. The van der Waals surface area contributed by atoms with Gasteiger partial charge in [0, 0.05) is 90.8 Å². The highest BCUT2D eigenvalue weighted by Gasteiger charge is 2.64. The number of carbonyl (C=O) groups is 7. The van der Waals surface area contributed by atoms with Crippen LogP contribution >= 0.6 is 11.6 Å². The number of rotatable bonds is 22.